The molecule has 3 heteroatoms. The highest BCUT2D eigenvalue weighted by Gasteiger charge is 2.26. The molecule has 20 heavy (non-hydrogen) atoms. The lowest BCUT2D eigenvalue weighted by Gasteiger charge is -2.21. The van der Waals surface area contributed by atoms with Crippen LogP contribution in [0, 0.1) is 12.8 Å². The van der Waals surface area contributed by atoms with Gasteiger partial charge in [-0.3, -0.25) is 4.68 Å². The summed E-state index contributed by atoms with van der Waals surface area (Å²) in [6.45, 7) is 2.07. The Morgan fingerprint density at radius 2 is 2.15 bits per heavy atom. The maximum absolute atomic E-state index is 4.47. The number of aromatic nitrogens is 2. The number of hydrogen-bond acceptors (Lipinski definition) is 1. The molecule has 106 valence electrons. The largest absolute Gasteiger partial charge is 0.272 e. The van der Waals surface area contributed by atoms with Crippen LogP contribution in [0.3, 0.4) is 0 Å². The van der Waals surface area contributed by atoms with Gasteiger partial charge in [0.15, 0.2) is 0 Å². The molecule has 0 bridgehead atoms. The van der Waals surface area contributed by atoms with Crippen molar-refractivity contribution in [2.24, 2.45) is 13.0 Å². The molecule has 3 rings (SSSR count). The zero-order chi connectivity index (χ0) is 14.1. The second kappa shape index (κ2) is 5.72. The van der Waals surface area contributed by atoms with Gasteiger partial charge in [0.05, 0.1) is 5.69 Å². The van der Waals surface area contributed by atoms with Crippen molar-refractivity contribution in [2.45, 2.75) is 37.4 Å². The number of alkyl halides is 1. The van der Waals surface area contributed by atoms with Gasteiger partial charge in [-0.2, -0.15) is 5.10 Å². The van der Waals surface area contributed by atoms with Gasteiger partial charge in [-0.1, -0.05) is 40.2 Å². The van der Waals surface area contributed by atoms with Crippen molar-refractivity contribution in [3.05, 3.63) is 52.8 Å². The van der Waals surface area contributed by atoms with Gasteiger partial charge in [-0.25, -0.2) is 0 Å². The molecule has 0 saturated carbocycles. The summed E-state index contributed by atoms with van der Waals surface area (Å²) in [5.74, 6) is 0.647. The minimum atomic E-state index is 0.455. The minimum Gasteiger partial charge on any atom is -0.272 e. The average Bonchev–Trinajstić information content (AvgIpc) is 2.66. The summed E-state index contributed by atoms with van der Waals surface area (Å²) in [7, 11) is 2.05. The normalized spacial score (nSPS) is 22.4. The van der Waals surface area contributed by atoms with Crippen LogP contribution >= 0.6 is 15.9 Å². The Morgan fingerprint density at radius 1 is 1.35 bits per heavy atom. The van der Waals surface area contributed by atoms with E-state index in [1.165, 1.54) is 36.1 Å². The van der Waals surface area contributed by atoms with Crippen molar-refractivity contribution in [3.63, 3.8) is 0 Å². The van der Waals surface area contributed by atoms with E-state index in [1.54, 1.807) is 0 Å². The number of halogens is 1. The van der Waals surface area contributed by atoms with E-state index in [0.29, 0.717) is 10.7 Å². The highest BCUT2D eigenvalue weighted by molar-refractivity contribution is 9.09. The minimum absolute atomic E-state index is 0.455. The van der Waals surface area contributed by atoms with Crippen LogP contribution in [0.2, 0.25) is 0 Å². The lowest BCUT2D eigenvalue weighted by atomic mass is 9.92. The molecule has 0 fully saturated rings. The van der Waals surface area contributed by atoms with Crippen LogP contribution in [-0.2, 0) is 19.9 Å². The van der Waals surface area contributed by atoms with Crippen molar-refractivity contribution in [1.82, 2.24) is 9.78 Å². The Bertz CT molecular complexity index is 603. The van der Waals surface area contributed by atoms with Crippen LogP contribution < -0.4 is 0 Å². The molecule has 2 aromatic rings. The lowest BCUT2D eigenvalue weighted by molar-refractivity contribution is 0.460. The van der Waals surface area contributed by atoms with Gasteiger partial charge >= 0.3 is 0 Å². The van der Waals surface area contributed by atoms with Gasteiger partial charge in [0.2, 0.25) is 0 Å². The zero-order valence-corrected chi connectivity index (χ0v) is 13.7. The Kier molecular flexibility index (Phi) is 3.97. The Labute approximate surface area is 129 Å². The molecule has 2 unspecified atom stereocenters. The first-order valence-electron chi connectivity index (χ1n) is 7.36. The maximum Gasteiger partial charge on any atom is 0.0596 e. The van der Waals surface area contributed by atoms with E-state index >= 15 is 0 Å². The molecule has 1 aromatic heterocycles. The molecule has 1 aromatic carbocycles. The van der Waals surface area contributed by atoms with Crippen LogP contribution in [-0.4, -0.2) is 9.78 Å². The van der Waals surface area contributed by atoms with Crippen LogP contribution in [0.5, 0.6) is 0 Å². The van der Waals surface area contributed by atoms with Gasteiger partial charge in [-0.05, 0) is 55.7 Å². The molecule has 0 amide bonds. The number of benzene rings is 1. The molecule has 0 N–H and O–H groups in total. The molecule has 1 aliphatic carbocycles. The fourth-order valence-electron chi connectivity index (χ4n) is 3.32. The molecule has 1 heterocycles. The van der Waals surface area contributed by atoms with E-state index in [2.05, 4.69) is 65.3 Å². The summed E-state index contributed by atoms with van der Waals surface area (Å²) in [6.07, 6.45) is 4.86. The molecule has 2 atom stereocenters. The van der Waals surface area contributed by atoms with Crippen molar-refractivity contribution in [2.75, 3.05) is 0 Å². The van der Waals surface area contributed by atoms with Gasteiger partial charge in [0.1, 0.15) is 0 Å². The van der Waals surface area contributed by atoms with Crippen LogP contribution in [0.1, 0.15) is 40.2 Å². The number of nitrogens with zero attached hydrogens (tertiary/aromatic N) is 2. The Balaban J connectivity index is 1.86. The van der Waals surface area contributed by atoms with Crippen molar-refractivity contribution >= 4 is 15.9 Å². The summed E-state index contributed by atoms with van der Waals surface area (Å²) in [4.78, 5) is 0.455. The van der Waals surface area contributed by atoms with E-state index in [0.717, 1.165) is 12.1 Å². The quantitative estimate of drug-likeness (QED) is 0.590. The average molecular weight is 333 g/mol. The third-order valence-electron chi connectivity index (χ3n) is 4.36. The molecule has 0 saturated heterocycles. The number of hydrogen-bond donors (Lipinski definition) is 0. The smallest absolute Gasteiger partial charge is 0.0596 e. The van der Waals surface area contributed by atoms with Gasteiger partial charge < -0.3 is 0 Å². The van der Waals surface area contributed by atoms with E-state index in [-0.39, 0.29) is 0 Å². The van der Waals surface area contributed by atoms with Crippen molar-refractivity contribution < 1.29 is 0 Å². The van der Waals surface area contributed by atoms with E-state index in [9.17, 15) is 0 Å². The highest BCUT2D eigenvalue weighted by atomic mass is 79.9. The van der Waals surface area contributed by atoms with Gasteiger partial charge in [-0.15, -0.1) is 0 Å². The summed E-state index contributed by atoms with van der Waals surface area (Å²) >= 11 is 3.96. The second-order valence-electron chi connectivity index (χ2n) is 5.86. The van der Waals surface area contributed by atoms with Crippen LogP contribution in [0.4, 0.5) is 0 Å². The fourth-order valence-corrected chi connectivity index (χ4v) is 4.21. The predicted molar refractivity (Wildman–Crippen MR) is 86.2 cm³/mol. The molecule has 2 nitrogen and oxygen atoms in total. The first-order valence-corrected chi connectivity index (χ1v) is 8.28. The van der Waals surface area contributed by atoms with E-state index < -0.39 is 0 Å². The predicted octanol–water partition coefficient (Wildman–Crippen LogP) is 4.36. The second-order valence-corrected chi connectivity index (χ2v) is 6.84. The summed E-state index contributed by atoms with van der Waals surface area (Å²) in [5.41, 5.74) is 5.45. The zero-order valence-electron chi connectivity index (χ0n) is 12.1. The molecular weight excluding hydrogens is 312 g/mol. The van der Waals surface area contributed by atoms with Crippen molar-refractivity contribution in [1.29, 1.82) is 0 Å². The SMILES string of the molecule is Cc1cc(CC2CCCc3ccccc3C2Br)n(C)n1. The molecule has 0 radical (unpaired) electrons. The summed E-state index contributed by atoms with van der Waals surface area (Å²) in [6, 6.07) is 11.1. The summed E-state index contributed by atoms with van der Waals surface area (Å²) < 4.78 is 2.03. The molecule has 0 aliphatic heterocycles. The number of aryl methyl sites for hydroxylation is 3. The topological polar surface area (TPSA) is 17.8 Å². The van der Waals surface area contributed by atoms with Gasteiger partial charge in [0, 0.05) is 17.6 Å². The standard InChI is InChI=1S/C17H21BrN2/c1-12-10-15(20(2)19-12)11-14-8-5-7-13-6-3-4-9-16(13)17(14)18/h3-4,6,9-10,14,17H,5,7-8,11H2,1-2H3. The first-order chi connectivity index (χ1) is 9.65. The van der Waals surface area contributed by atoms with Crippen LogP contribution in [0.25, 0.3) is 0 Å². The number of rotatable bonds is 2. The third-order valence-corrected chi connectivity index (χ3v) is 5.60. The monoisotopic (exact) mass is 332 g/mol. The third kappa shape index (κ3) is 2.69. The lowest BCUT2D eigenvalue weighted by Crippen LogP contribution is -2.12. The van der Waals surface area contributed by atoms with Crippen LogP contribution in [0.15, 0.2) is 30.3 Å². The molecular formula is C17H21BrN2. The first kappa shape index (κ1) is 13.9. The number of fused-ring (bicyclic) bond motifs is 1. The summed E-state index contributed by atoms with van der Waals surface area (Å²) in [5, 5.41) is 4.47. The fraction of sp³-hybridized carbons (Fsp3) is 0.471. The van der Waals surface area contributed by atoms with Gasteiger partial charge in [0.25, 0.3) is 0 Å². The molecule has 1 aliphatic rings. The maximum atomic E-state index is 4.47. The van der Waals surface area contributed by atoms with E-state index in [1.807, 2.05) is 4.68 Å². The highest BCUT2D eigenvalue weighted by Crippen LogP contribution is 2.40. The Hall–Kier alpha value is -1.09. The van der Waals surface area contributed by atoms with Crippen molar-refractivity contribution in [3.8, 4) is 0 Å². The molecule has 0 spiro atoms. The van der Waals surface area contributed by atoms with E-state index in [4.69, 9.17) is 0 Å². The Morgan fingerprint density at radius 3 is 2.90 bits per heavy atom.